The largest absolute Gasteiger partial charge is 0.355 e. The summed E-state index contributed by atoms with van der Waals surface area (Å²) < 4.78 is 0. The quantitative estimate of drug-likeness (QED) is 0.555. The van der Waals surface area contributed by atoms with E-state index in [9.17, 15) is 9.59 Å². The molecule has 0 aliphatic carbocycles. The molecule has 3 heteroatoms. The molecular weight excluding hydrogens is 154 g/mol. The average molecular weight is 171 g/mol. The molecule has 1 aliphatic heterocycles. The number of hydrogen-bond donors (Lipinski definition) is 1. The van der Waals surface area contributed by atoms with Gasteiger partial charge in [0, 0.05) is 13.0 Å². The minimum Gasteiger partial charge on any atom is -0.355 e. The second-order valence-electron chi connectivity index (χ2n) is 3.05. The van der Waals surface area contributed by atoms with Crippen LogP contribution in [0.2, 0.25) is 0 Å². The van der Waals surface area contributed by atoms with Crippen molar-refractivity contribution in [2.45, 2.75) is 34.1 Å². The van der Waals surface area contributed by atoms with Gasteiger partial charge in [-0.15, -0.1) is 0 Å². The van der Waals surface area contributed by atoms with E-state index in [1.165, 1.54) is 0 Å². The molecule has 0 aromatic rings. The van der Waals surface area contributed by atoms with Crippen LogP contribution in [-0.4, -0.2) is 18.2 Å². The fourth-order valence-electron chi connectivity index (χ4n) is 0.950. The molecule has 1 saturated heterocycles. The molecule has 12 heavy (non-hydrogen) atoms. The molecule has 1 fully saturated rings. The van der Waals surface area contributed by atoms with Gasteiger partial charge in [0.1, 0.15) is 11.2 Å². The van der Waals surface area contributed by atoms with Gasteiger partial charge in [0.2, 0.25) is 5.91 Å². The molecule has 0 unspecified atom stereocenters. The number of nitrogens with one attached hydrogen (secondary N) is 1. The Morgan fingerprint density at radius 3 is 2.08 bits per heavy atom. The van der Waals surface area contributed by atoms with Crippen LogP contribution in [-0.2, 0) is 9.59 Å². The van der Waals surface area contributed by atoms with E-state index in [0.717, 1.165) is 0 Å². The number of rotatable bonds is 0. The van der Waals surface area contributed by atoms with Crippen LogP contribution in [0.25, 0.3) is 0 Å². The SMILES string of the molecule is CC.CC1(C)C(=O)CCNC1=O. The first-order valence-electron chi connectivity index (χ1n) is 4.37. The average Bonchev–Trinajstić information content (AvgIpc) is 2.05. The van der Waals surface area contributed by atoms with Gasteiger partial charge >= 0.3 is 0 Å². The second-order valence-corrected chi connectivity index (χ2v) is 3.05. The lowest BCUT2D eigenvalue weighted by molar-refractivity contribution is -0.142. The van der Waals surface area contributed by atoms with E-state index in [1.54, 1.807) is 13.8 Å². The predicted octanol–water partition coefficient (Wildman–Crippen LogP) is 1.13. The summed E-state index contributed by atoms with van der Waals surface area (Å²) in [5.41, 5.74) is -0.793. The first kappa shape index (κ1) is 11.1. The monoisotopic (exact) mass is 171 g/mol. The Kier molecular flexibility index (Phi) is 3.93. The van der Waals surface area contributed by atoms with E-state index in [2.05, 4.69) is 5.32 Å². The number of Topliss-reactive ketones (excluding diaryl/α,β-unsaturated/α-hetero) is 1. The van der Waals surface area contributed by atoms with Crippen molar-refractivity contribution >= 4 is 11.7 Å². The number of carbonyl (C=O) groups is 2. The molecule has 0 aromatic carbocycles. The number of piperidine rings is 1. The van der Waals surface area contributed by atoms with Gasteiger partial charge in [0.05, 0.1) is 0 Å². The van der Waals surface area contributed by atoms with Gasteiger partial charge in [-0.05, 0) is 13.8 Å². The molecule has 0 spiro atoms. The van der Waals surface area contributed by atoms with Crippen molar-refractivity contribution in [3.8, 4) is 0 Å². The molecule has 1 N–H and O–H groups in total. The lowest BCUT2D eigenvalue weighted by atomic mass is 9.83. The normalized spacial score (nSPS) is 20.7. The Morgan fingerprint density at radius 1 is 1.25 bits per heavy atom. The van der Waals surface area contributed by atoms with Crippen LogP contribution in [0.15, 0.2) is 0 Å². The van der Waals surface area contributed by atoms with Crippen molar-refractivity contribution in [1.82, 2.24) is 5.32 Å². The van der Waals surface area contributed by atoms with E-state index in [4.69, 9.17) is 0 Å². The van der Waals surface area contributed by atoms with Gasteiger partial charge in [0.15, 0.2) is 0 Å². The summed E-state index contributed by atoms with van der Waals surface area (Å²) in [4.78, 5) is 22.1. The second kappa shape index (κ2) is 4.24. The predicted molar refractivity (Wildman–Crippen MR) is 47.8 cm³/mol. The molecule has 1 amide bonds. The Morgan fingerprint density at radius 2 is 1.75 bits per heavy atom. The van der Waals surface area contributed by atoms with Gasteiger partial charge in [-0.3, -0.25) is 9.59 Å². The third kappa shape index (κ3) is 2.06. The Hall–Kier alpha value is -0.860. The van der Waals surface area contributed by atoms with Gasteiger partial charge < -0.3 is 5.32 Å². The summed E-state index contributed by atoms with van der Waals surface area (Å²) in [6.45, 7) is 7.81. The summed E-state index contributed by atoms with van der Waals surface area (Å²) in [6, 6.07) is 0. The lowest BCUT2D eigenvalue weighted by Crippen LogP contribution is -2.48. The molecule has 0 saturated carbocycles. The Labute approximate surface area is 73.5 Å². The number of hydrogen-bond acceptors (Lipinski definition) is 2. The van der Waals surface area contributed by atoms with Gasteiger partial charge in [-0.2, -0.15) is 0 Å². The van der Waals surface area contributed by atoms with Crippen LogP contribution in [0.1, 0.15) is 34.1 Å². The standard InChI is InChI=1S/C7H11NO2.C2H6/c1-7(2)5(9)3-4-8-6(7)10;1-2/h3-4H2,1-2H3,(H,8,10);1-2H3. The summed E-state index contributed by atoms with van der Waals surface area (Å²) in [6.07, 6.45) is 0.471. The molecule has 0 aromatic heterocycles. The fraction of sp³-hybridized carbons (Fsp3) is 0.778. The van der Waals surface area contributed by atoms with Crippen molar-refractivity contribution in [2.24, 2.45) is 5.41 Å². The first-order valence-corrected chi connectivity index (χ1v) is 4.37. The Bertz CT molecular complexity index is 167. The zero-order chi connectivity index (χ0) is 9.78. The van der Waals surface area contributed by atoms with E-state index in [0.29, 0.717) is 13.0 Å². The summed E-state index contributed by atoms with van der Waals surface area (Å²) in [5.74, 6) is -0.111. The van der Waals surface area contributed by atoms with Crippen molar-refractivity contribution in [2.75, 3.05) is 6.54 Å². The Balaban J connectivity index is 0.000000561. The van der Waals surface area contributed by atoms with E-state index >= 15 is 0 Å². The van der Waals surface area contributed by atoms with E-state index in [-0.39, 0.29) is 11.7 Å². The van der Waals surface area contributed by atoms with Gasteiger partial charge in [-0.25, -0.2) is 0 Å². The maximum atomic E-state index is 11.1. The highest BCUT2D eigenvalue weighted by Gasteiger charge is 2.37. The molecule has 3 nitrogen and oxygen atoms in total. The zero-order valence-corrected chi connectivity index (χ0v) is 8.23. The van der Waals surface area contributed by atoms with E-state index in [1.807, 2.05) is 13.8 Å². The molecule has 70 valence electrons. The van der Waals surface area contributed by atoms with Gasteiger partial charge in [0.25, 0.3) is 0 Å². The van der Waals surface area contributed by atoms with Crippen LogP contribution in [0.4, 0.5) is 0 Å². The highest BCUT2D eigenvalue weighted by molar-refractivity contribution is 6.07. The molecular formula is C9H17NO2. The van der Waals surface area contributed by atoms with Crippen molar-refractivity contribution < 1.29 is 9.59 Å². The minimum absolute atomic E-state index is 0.0382. The molecule has 0 radical (unpaired) electrons. The van der Waals surface area contributed by atoms with Gasteiger partial charge in [-0.1, -0.05) is 13.8 Å². The maximum Gasteiger partial charge on any atom is 0.233 e. The van der Waals surface area contributed by atoms with Crippen LogP contribution in [0.5, 0.6) is 0 Å². The van der Waals surface area contributed by atoms with Crippen molar-refractivity contribution in [1.29, 1.82) is 0 Å². The number of amides is 1. The molecule has 1 aliphatic rings. The van der Waals surface area contributed by atoms with E-state index < -0.39 is 5.41 Å². The van der Waals surface area contributed by atoms with Crippen molar-refractivity contribution in [3.05, 3.63) is 0 Å². The number of carbonyl (C=O) groups excluding carboxylic acids is 2. The fourth-order valence-corrected chi connectivity index (χ4v) is 0.950. The molecule has 1 heterocycles. The molecule has 0 atom stereocenters. The van der Waals surface area contributed by atoms with Crippen LogP contribution >= 0.6 is 0 Å². The summed E-state index contributed by atoms with van der Waals surface area (Å²) >= 11 is 0. The molecule has 1 rings (SSSR count). The molecule has 0 bridgehead atoms. The smallest absolute Gasteiger partial charge is 0.233 e. The third-order valence-electron chi connectivity index (χ3n) is 1.90. The minimum atomic E-state index is -0.793. The van der Waals surface area contributed by atoms with Crippen LogP contribution in [0, 0.1) is 5.41 Å². The lowest BCUT2D eigenvalue weighted by Gasteiger charge is -2.26. The first-order chi connectivity index (χ1) is 5.55. The number of ketones is 1. The summed E-state index contributed by atoms with van der Waals surface area (Å²) in [5, 5.41) is 2.64. The van der Waals surface area contributed by atoms with Crippen molar-refractivity contribution in [3.63, 3.8) is 0 Å². The summed E-state index contributed by atoms with van der Waals surface area (Å²) in [7, 11) is 0. The zero-order valence-electron chi connectivity index (χ0n) is 8.23. The maximum absolute atomic E-state index is 11.1. The third-order valence-corrected chi connectivity index (χ3v) is 1.90. The van der Waals surface area contributed by atoms with Crippen LogP contribution in [0.3, 0.4) is 0 Å². The highest BCUT2D eigenvalue weighted by atomic mass is 16.2. The highest BCUT2D eigenvalue weighted by Crippen LogP contribution is 2.21. The van der Waals surface area contributed by atoms with Crippen LogP contribution < -0.4 is 5.32 Å². The topological polar surface area (TPSA) is 46.2 Å².